The average molecular weight is 492 g/mol. The maximum absolute atomic E-state index is 12.6. The van der Waals surface area contributed by atoms with Gasteiger partial charge in [-0.2, -0.15) is 0 Å². The molecule has 0 unspecified atom stereocenters. The van der Waals surface area contributed by atoms with Crippen LogP contribution in [0.2, 0.25) is 0 Å². The molecule has 0 bridgehead atoms. The molecule has 0 spiro atoms. The van der Waals surface area contributed by atoms with Gasteiger partial charge in [0, 0.05) is 30.3 Å². The number of nitrogens with one attached hydrogen (secondary N) is 1. The quantitative estimate of drug-likeness (QED) is 0.530. The number of carbonyl (C=O) groups is 2. The van der Waals surface area contributed by atoms with Crippen molar-refractivity contribution in [1.29, 1.82) is 0 Å². The number of alkyl halides is 3. The molecule has 13 heteroatoms. The predicted molar refractivity (Wildman–Crippen MR) is 115 cm³/mol. The highest BCUT2D eigenvalue weighted by Crippen LogP contribution is 2.33. The van der Waals surface area contributed by atoms with E-state index in [0.717, 1.165) is 12.1 Å². The monoisotopic (exact) mass is 492 g/mol. The Morgan fingerprint density at radius 2 is 1.71 bits per heavy atom. The molecular weight excluding hydrogens is 473 g/mol. The van der Waals surface area contributed by atoms with Crippen LogP contribution < -0.4 is 24.4 Å². The van der Waals surface area contributed by atoms with Crippen molar-refractivity contribution >= 4 is 23.5 Å². The zero-order valence-electron chi connectivity index (χ0n) is 18.5. The van der Waals surface area contributed by atoms with E-state index in [-0.39, 0.29) is 36.3 Å². The molecule has 184 valence electrons. The largest absolute Gasteiger partial charge is 0.573 e. The SMILES string of the molecule is COc1cc(OC)cc(C(=O)Nc2nnc([C@@H]3CC(=O)N(c4ccc(OC(F)(F)F)cc4)C3)o2)c1. The third-order valence-electron chi connectivity index (χ3n) is 5.13. The first-order valence-corrected chi connectivity index (χ1v) is 10.2. The number of aromatic nitrogens is 2. The highest BCUT2D eigenvalue weighted by molar-refractivity contribution is 6.03. The molecule has 1 aliphatic rings. The molecule has 0 aliphatic carbocycles. The van der Waals surface area contributed by atoms with Gasteiger partial charge in [-0.1, -0.05) is 5.10 Å². The van der Waals surface area contributed by atoms with Gasteiger partial charge in [0.15, 0.2) is 0 Å². The van der Waals surface area contributed by atoms with Crippen LogP contribution in [0.4, 0.5) is 24.9 Å². The van der Waals surface area contributed by atoms with E-state index in [1.807, 2.05) is 0 Å². The van der Waals surface area contributed by atoms with Crippen LogP contribution in [-0.2, 0) is 4.79 Å². The minimum Gasteiger partial charge on any atom is -0.497 e. The van der Waals surface area contributed by atoms with Crippen LogP contribution in [0.5, 0.6) is 17.2 Å². The number of ether oxygens (including phenoxy) is 3. The van der Waals surface area contributed by atoms with E-state index < -0.39 is 23.9 Å². The molecule has 1 aromatic heterocycles. The van der Waals surface area contributed by atoms with Gasteiger partial charge in [-0.3, -0.25) is 14.9 Å². The normalized spacial score (nSPS) is 15.7. The number of halogens is 3. The minimum absolute atomic E-state index is 0.0451. The fourth-order valence-corrected chi connectivity index (χ4v) is 3.51. The molecule has 2 amide bonds. The number of methoxy groups -OCH3 is 2. The molecule has 4 rings (SSSR count). The second-order valence-electron chi connectivity index (χ2n) is 7.45. The Hall–Kier alpha value is -4.29. The summed E-state index contributed by atoms with van der Waals surface area (Å²) in [5, 5.41) is 10.2. The van der Waals surface area contributed by atoms with Gasteiger partial charge < -0.3 is 23.5 Å². The predicted octanol–water partition coefficient (Wildman–Crippen LogP) is 3.76. The van der Waals surface area contributed by atoms with Crippen molar-refractivity contribution in [1.82, 2.24) is 10.2 Å². The topological polar surface area (TPSA) is 116 Å². The second-order valence-corrected chi connectivity index (χ2v) is 7.45. The molecule has 35 heavy (non-hydrogen) atoms. The maximum Gasteiger partial charge on any atom is 0.573 e. The van der Waals surface area contributed by atoms with Crippen molar-refractivity contribution in [3.63, 3.8) is 0 Å². The number of benzene rings is 2. The number of anilines is 2. The third-order valence-corrected chi connectivity index (χ3v) is 5.13. The molecule has 2 heterocycles. The Kier molecular flexibility index (Phi) is 6.49. The Balaban J connectivity index is 1.42. The summed E-state index contributed by atoms with van der Waals surface area (Å²) < 4.78 is 56.7. The number of nitrogens with zero attached hydrogens (tertiary/aromatic N) is 3. The lowest BCUT2D eigenvalue weighted by Crippen LogP contribution is -2.24. The van der Waals surface area contributed by atoms with Gasteiger partial charge >= 0.3 is 12.4 Å². The van der Waals surface area contributed by atoms with Gasteiger partial charge in [0.1, 0.15) is 17.2 Å². The zero-order chi connectivity index (χ0) is 25.2. The van der Waals surface area contributed by atoms with E-state index >= 15 is 0 Å². The third kappa shape index (κ3) is 5.62. The first-order chi connectivity index (χ1) is 16.6. The second kappa shape index (κ2) is 9.52. The molecule has 1 fully saturated rings. The lowest BCUT2D eigenvalue weighted by molar-refractivity contribution is -0.274. The van der Waals surface area contributed by atoms with Crippen LogP contribution in [0, 0.1) is 0 Å². The van der Waals surface area contributed by atoms with E-state index in [1.54, 1.807) is 6.07 Å². The van der Waals surface area contributed by atoms with Gasteiger partial charge in [0.25, 0.3) is 5.91 Å². The lowest BCUT2D eigenvalue weighted by atomic mass is 10.1. The van der Waals surface area contributed by atoms with Gasteiger partial charge in [-0.15, -0.1) is 18.3 Å². The van der Waals surface area contributed by atoms with Crippen molar-refractivity contribution in [2.75, 3.05) is 31.0 Å². The molecule has 1 atom stereocenters. The van der Waals surface area contributed by atoms with Crippen LogP contribution in [0.25, 0.3) is 0 Å². The summed E-state index contributed by atoms with van der Waals surface area (Å²) >= 11 is 0. The Morgan fingerprint density at radius 3 is 2.31 bits per heavy atom. The fourth-order valence-electron chi connectivity index (χ4n) is 3.51. The maximum atomic E-state index is 12.6. The molecule has 1 saturated heterocycles. The van der Waals surface area contributed by atoms with Crippen LogP contribution >= 0.6 is 0 Å². The molecule has 1 N–H and O–H groups in total. The molecule has 3 aromatic rings. The highest BCUT2D eigenvalue weighted by atomic mass is 19.4. The molecule has 1 aliphatic heterocycles. The first kappa shape index (κ1) is 23.9. The summed E-state index contributed by atoms with van der Waals surface area (Å²) in [7, 11) is 2.91. The first-order valence-electron chi connectivity index (χ1n) is 10.2. The summed E-state index contributed by atoms with van der Waals surface area (Å²) in [6, 6.07) is 9.41. The van der Waals surface area contributed by atoms with E-state index in [9.17, 15) is 22.8 Å². The van der Waals surface area contributed by atoms with Crippen LogP contribution in [0.15, 0.2) is 46.9 Å². The highest BCUT2D eigenvalue weighted by Gasteiger charge is 2.35. The lowest BCUT2D eigenvalue weighted by Gasteiger charge is -2.17. The van der Waals surface area contributed by atoms with Crippen molar-refractivity contribution in [3.8, 4) is 17.2 Å². The van der Waals surface area contributed by atoms with Gasteiger partial charge in [-0.05, 0) is 36.4 Å². The average Bonchev–Trinajstić information content (AvgIpc) is 3.44. The molecular formula is C22H19F3N4O6. The van der Waals surface area contributed by atoms with E-state index in [4.69, 9.17) is 13.9 Å². The molecule has 0 saturated carbocycles. The number of rotatable bonds is 7. The van der Waals surface area contributed by atoms with E-state index in [2.05, 4.69) is 20.3 Å². The Morgan fingerprint density at radius 1 is 1.06 bits per heavy atom. The summed E-state index contributed by atoms with van der Waals surface area (Å²) in [6.07, 6.45) is -4.76. The van der Waals surface area contributed by atoms with Crippen molar-refractivity contribution < 1.29 is 41.4 Å². The summed E-state index contributed by atoms with van der Waals surface area (Å²) in [4.78, 5) is 26.5. The van der Waals surface area contributed by atoms with Gasteiger partial charge in [0.2, 0.25) is 11.8 Å². The van der Waals surface area contributed by atoms with E-state index in [1.165, 1.54) is 43.4 Å². The Labute approximate surface area is 196 Å². The fraction of sp³-hybridized carbons (Fsp3) is 0.273. The zero-order valence-corrected chi connectivity index (χ0v) is 18.5. The van der Waals surface area contributed by atoms with Crippen LogP contribution in [0.1, 0.15) is 28.6 Å². The van der Waals surface area contributed by atoms with Gasteiger partial charge in [-0.25, -0.2) is 0 Å². The van der Waals surface area contributed by atoms with Crippen LogP contribution in [0.3, 0.4) is 0 Å². The molecule has 2 aromatic carbocycles. The summed E-state index contributed by atoms with van der Waals surface area (Å²) in [5.74, 6) is -0.698. The Bertz CT molecular complexity index is 1210. The molecule has 0 radical (unpaired) electrons. The van der Waals surface area contributed by atoms with Gasteiger partial charge in [0.05, 0.1) is 20.1 Å². The summed E-state index contributed by atoms with van der Waals surface area (Å²) in [6.45, 7) is 0.168. The number of carbonyl (C=O) groups excluding carboxylic acids is 2. The van der Waals surface area contributed by atoms with Crippen molar-refractivity contribution in [2.24, 2.45) is 0 Å². The van der Waals surface area contributed by atoms with Crippen molar-refractivity contribution in [2.45, 2.75) is 18.7 Å². The summed E-state index contributed by atoms with van der Waals surface area (Å²) in [5.41, 5.74) is 0.633. The minimum atomic E-state index is -4.81. The number of amides is 2. The smallest absolute Gasteiger partial charge is 0.497 e. The molecule has 10 nitrogen and oxygen atoms in total. The van der Waals surface area contributed by atoms with E-state index in [0.29, 0.717) is 17.2 Å². The number of hydrogen-bond acceptors (Lipinski definition) is 8. The number of hydrogen-bond donors (Lipinski definition) is 1. The standard InChI is InChI=1S/C22H19F3N4O6/c1-32-16-7-12(8-17(10-16)33-2)19(31)26-21-28-27-20(34-21)13-9-18(30)29(11-13)14-3-5-15(6-4-14)35-22(23,24)25/h3-8,10,13H,9,11H2,1-2H3,(H,26,28,31)/t13-/m1/s1. The van der Waals surface area contributed by atoms with Crippen molar-refractivity contribution in [3.05, 3.63) is 53.9 Å². The van der Waals surface area contributed by atoms with Crippen LogP contribution in [-0.4, -0.2) is 49.1 Å².